The number of carboxylic acid groups (broad SMARTS) is 2. The van der Waals surface area contributed by atoms with Crippen LogP contribution in [0.2, 0.25) is 5.02 Å². The number of aromatic nitrogens is 1. The zero-order valence-electron chi connectivity index (χ0n) is 10.8. The van der Waals surface area contributed by atoms with Crippen LogP contribution in [0.5, 0.6) is 0 Å². The minimum Gasteiger partial charge on any atom is -0.481 e. The number of carboxylic acids is 2. The molecule has 0 aliphatic carbocycles. The van der Waals surface area contributed by atoms with Gasteiger partial charge in [0.1, 0.15) is 11.7 Å². The number of aliphatic carboxylic acids is 2. The van der Waals surface area contributed by atoms with Crippen LogP contribution in [0, 0.1) is 0 Å². The van der Waals surface area contributed by atoms with Crippen LogP contribution >= 0.6 is 11.6 Å². The van der Waals surface area contributed by atoms with E-state index in [2.05, 4.69) is 5.32 Å². The Morgan fingerprint density at radius 3 is 2.55 bits per heavy atom. The monoisotopic (exact) mass is 302 g/mol. The van der Waals surface area contributed by atoms with Crippen LogP contribution in [-0.2, 0) is 16.1 Å². The highest BCUT2D eigenvalue weighted by Crippen LogP contribution is 2.14. The predicted octanol–water partition coefficient (Wildman–Crippen LogP) is 1.21. The van der Waals surface area contributed by atoms with Crippen LogP contribution in [0.1, 0.15) is 30.3 Å². The summed E-state index contributed by atoms with van der Waals surface area (Å²) in [6.07, 6.45) is 1.03. The fraction of sp³-hybridized carbons (Fsp3) is 0.417. The van der Waals surface area contributed by atoms with E-state index in [4.69, 9.17) is 21.8 Å². The van der Waals surface area contributed by atoms with Gasteiger partial charge in [-0.15, -0.1) is 0 Å². The molecule has 1 aromatic rings. The van der Waals surface area contributed by atoms with E-state index >= 15 is 0 Å². The van der Waals surface area contributed by atoms with Crippen molar-refractivity contribution in [3.05, 3.63) is 23.0 Å². The highest BCUT2D eigenvalue weighted by molar-refractivity contribution is 6.31. The van der Waals surface area contributed by atoms with E-state index in [-0.39, 0.29) is 18.5 Å². The average Bonchev–Trinajstić information content (AvgIpc) is 2.74. The molecule has 1 heterocycles. The Bertz CT molecular complexity index is 526. The number of amides is 1. The lowest BCUT2D eigenvalue weighted by Crippen LogP contribution is -2.41. The molecule has 0 saturated carbocycles. The molecule has 8 heteroatoms. The van der Waals surface area contributed by atoms with E-state index in [1.165, 1.54) is 6.07 Å². The van der Waals surface area contributed by atoms with E-state index in [0.717, 1.165) is 0 Å². The van der Waals surface area contributed by atoms with Gasteiger partial charge in [-0.1, -0.05) is 11.6 Å². The third-order valence-electron chi connectivity index (χ3n) is 2.69. The van der Waals surface area contributed by atoms with Crippen LogP contribution in [-0.4, -0.2) is 38.7 Å². The van der Waals surface area contributed by atoms with Crippen LogP contribution in [0.3, 0.4) is 0 Å². The Labute approximate surface area is 120 Å². The number of hydrogen-bond acceptors (Lipinski definition) is 3. The van der Waals surface area contributed by atoms with Crippen LogP contribution in [0.4, 0.5) is 0 Å². The summed E-state index contributed by atoms with van der Waals surface area (Å²) in [5.74, 6) is -3.00. The van der Waals surface area contributed by atoms with Gasteiger partial charge in [-0.3, -0.25) is 9.59 Å². The molecule has 0 fully saturated rings. The van der Waals surface area contributed by atoms with Gasteiger partial charge in [-0.25, -0.2) is 4.79 Å². The van der Waals surface area contributed by atoms with E-state index in [0.29, 0.717) is 11.6 Å². The summed E-state index contributed by atoms with van der Waals surface area (Å²) in [6.45, 7) is 2.31. The van der Waals surface area contributed by atoms with Crippen molar-refractivity contribution >= 4 is 29.4 Å². The second-order valence-electron chi connectivity index (χ2n) is 4.13. The highest BCUT2D eigenvalue weighted by Gasteiger charge is 2.23. The third kappa shape index (κ3) is 4.27. The standard InChI is InChI=1S/C12H15ClN2O5/c1-2-15-6-7(13)5-9(15)11(18)14-8(12(19)20)3-4-10(16)17/h5-6,8H,2-4H2,1H3,(H,14,18)(H,16,17)(H,19,20)/t8-/m0/s1. The maximum Gasteiger partial charge on any atom is 0.326 e. The molecule has 0 aliphatic rings. The molecule has 0 unspecified atom stereocenters. The summed E-state index contributed by atoms with van der Waals surface area (Å²) < 4.78 is 1.58. The zero-order chi connectivity index (χ0) is 15.3. The molecule has 0 bridgehead atoms. The number of nitrogens with zero attached hydrogens (tertiary/aromatic N) is 1. The van der Waals surface area contributed by atoms with Crippen molar-refractivity contribution in [3.8, 4) is 0 Å². The first-order chi connectivity index (χ1) is 9.35. The maximum absolute atomic E-state index is 12.0. The summed E-state index contributed by atoms with van der Waals surface area (Å²) in [5.41, 5.74) is 0.235. The summed E-state index contributed by atoms with van der Waals surface area (Å²) >= 11 is 5.80. The summed E-state index contributed by atoms with van der Waals surface area (Å²) in [4.78, 5) is 33.5. The predicted molar refractivity (Wildman–Crippen MR) is 70.9 cm³/mol. The number of carbonyl (C=O) groups excluding carboxylic acids is 1. The van der Waals surface area contributed by atoms with Gasteiger partial charge >= 0.3 is 11.9 Å². The minimum absolute atomic E-state index is 0.184. The molecule has 0 radical (unpaired) electrons. The van der Waals surface area contributed by atoms with Crippen molar-refractivity contribution in [1.29, 1.82) is 0 Å². The second kappa shape index (κ2) is 6.95. The topological polar surface area (TPSA) is 109 Å². The lowest BCUT2D eigenvalue weighted by molar-refractivity contribution is -0.140. The number of nitrogens with one attached hydrogen (secondary N) is 1. The molecule has 3 N–H and O–H groups in total. The number of rotatable bonds is 7. The molecular weight excluding hydrogens is 288 g/mol. The number of carbonyl (C=O) groups is 3. The Balaban J connectivity index is 2.79. The molecule has 1 atom stereocenters. The second-order valence-corrected chi connectivity index (χ2v) is 4.56. The minimum atomic E-state index is -1.28. The van der Waals surface area contributed by atoms with E-state index < -0.39 is 23.9 Å². The van der Waals surface area contributed by atoms with Crippen molar-refractivity contribution in [2.45, 2.75) is 32.4 Å². The SMILES string of the molecule is CCn1cc(Cl)cc1C(=O)N[C@@H](CCC(=O)O)C(=O)O. The van der Waals surface area contributed by atoms with Crippen LogP contribution < -0.4 is 5.32 Å². The molecule has 0 aromatic carbocycles. The Morgan fingerprint density at radius 2 is 2.05 bits per heavy atom. The van der Waals surface area contributed by atoms with Gasteiger partial charge < -0.3 is 20.1 Å². The van der Waals surface area contributed by atoms with Crippen LogP contribution in [0.15, 0.2) is 12.3 Å². The smallest absolute Gasteiger partial charge is 0.326 e. The van der Waals surface area contributed by atoms with Gasteiger partial charge in [0.2, 0.25) is 0 Å². The number of hydrogen-bond donors (Lipinski definition) is 3. The quantitative estimate of drug-likeness (QED) is 0.701. The molecule has 7 nitrogen and oxygen atoms in total. The normalized spacial score (nSPS) is 11.9. The highest BCUT2D eigenvalue weighted by atomic mass is 35.5. The number of aryl methyl sites for hydroxylation is 1. The molecule has 0 spiro atoms. The van der Waals surface area contributed by atoms with Gasteiger partial charge in [0.05, 0.1) is 5.02 Å². The summed E-state index contributed by atoms with van der Waals surface area (Å²) in [7, 11) is 0. The lowest BCUT2D eigenvalue weighted by atomic mass is 10.1. The third-order valence-corrected chi connectivity index (χ3v) is 2.89. The first-order valence-electron chi connectivity index (χ1n) is 5.96. The molecule has 110 valence electrons. The molecule has 20 heavy (non-hydrogen) atoms. The summed E-state index contributed by atoms with van der Waals surface area (Å²) in [6, 6.07) is 0.175. The molecule has 1 amide bonds. The van der Waals surface area contributed by atoms with Crippen molar-refractivity contribution < 1.29 is 24.6 Å². The van der Waals surface area contributed by atoms with Crippen molar-refractivity contribution in [1.82, 2.24) is 9.88 Å². The van der Waals surface area contributed by atoms with E-state index in [1.807, 2.05) is 6.92 Å². The van der Waals surface area contributed by atoms with E-state index in [1.54, 1.807) is 10.8 Å². The van der Waals surface area contributed by atoms with Gasteiger partial charge in [-0.2, -0.15) is 0 Å². The molecule has 1 aromatic heterocycles. The van der Waals surface area contributed by atoms with Crippen LogP contribution in [0.25, 0.3) is 0 Å². The lowest BCUT2D eigenvalue weighted by Gasteiger charge is -2.14. The van der Waals surface area contributed by atoms with E-state index in [9.17, 15) is 14.4 Å². The maximum atomic E-state index is 12.0. The zero-order valence-corrected chi connectivity index (χ0v) is 11.6. The van der Waals surface area contributed by atoms with Crippen molar-refractivity contribution in [2.24, 2.45) is 0 Å². The van der Waals surface area contributed by atoms with Gasteiger partial charge in [0.15, 0.2) is 0 Å². The molecule has 0 saturated heterocycles. The first kappa shape index (κ1) is 16.0. The molecular formula is C12H15ClN2O5. The largest absolute Gasteiger partial charge is 0.481 e. The average molecular weight is 303 g/mol. The fourth-order valence-electron chi connectivity index (χ4n) is 1.68. The van der Waals surface area contributed by atoms with Gasteiger partial charge in [0.25, 0.3) is 5.91 Å². The van der Waals surface area contributed by atoms with Gasteiger partial charge in [0, 0.05) is 19.2 Å². The van der Waals surface area contributed by atoms with Crippen molar-refractivity contribution in [3.63, 3.8) is 0 Å². The number of halogens is 1. The first-order valence-corrected chi connectivity index (χ1v) is 6.34. The Kier molecular flexibility index (Phi) is 5.57. The molecule has 0 aliphatic heterocycles. The fourth-order valence-corrected chi connectivity index (χ4v) is 1.91. The Morgan fingerprint density at radius 1 is 1.40 bits per heavy atom. The van der Waals surface area contributed by atoms with Gasteiger partial charge in [-0.05, 0) is 19.4 Å². The summed E-state index contributed by atoms with van der Waals surface area (Å²) in [5, 5.41) is 20.2. The van der Waals surface area contributed by atoms with Crippen molar-refractivity contribution in [2.75, 3.05) is 0 Å². The molecule has 1 rings (SSSR count). The Hall–Kier alpha value is -2.02.